The quantitative estimate of drug-likeness (QED) is 0.737. The van der Waals surface area contributed by atoms with E-state index in [0.29, 0.717) is 4.88 Å². The number of aromatic nitrogens is 2. The first kappa shape index (κ1) is 13.5. The molecule has 1 N–H and O–H groups in total. The minimum Gasteiger partial charge on any atom is -0.293 e. The normalized spacial score (nSPS) is 10.7. The number of hydrogen-bond acceptors (Lipinski definition) is 4. The number of Topliss-reactive ketones (excluding diaryl/α,β-unsaturated/α-hetero) is 1. The fraction of sp³-hybridized carbons (Fsp3) is 0.133. The highest BCUT2D eigenvalue weighted by Gasteiger charge is 2.11. The summed E-state index contributed by atoms with van der Waals surface area (Å²) in [7, 11) is 0. The Labute approximate surface area is 125 Å². The number of amides is 1. The molecule has 106 valence electrons. The topological polar surface area (TPSA) is 64.0 Å². The van der Waals surface area contributed by atoms with Gasteiger partial charge in [-0.05, 0) is 23.6 Å². The molecule has 0 spiro atoms. The Bertz CT molecular complexity index is 777. The van der Waals surface area contributed by atoms with Crippen LogP contribution in [0.15, 0.2) is 48.1 Å². The van der Waals surface area contributed by atoms with Crippen molar-refractivity contribution in [1.29, 1.82) is 0 Å². The van der Waals surface area contributed by atoms with Crippen LogP contribution in [0.1, 0.15) is 22.5 Å². The molecule has 0 saturated heterocycles. The fourth-order valence-electron chi connectivity index (χ4n) is 2.03. The van der Waals surface area contributed by atoms with Crippen molar-refractivity contribution in [3.63, 3.8) is 0 Å². The molecule has 21 heavy (non-hydrogen) atoms. The number of carbonyl (C=O) groups is 2. The molecule has 6 heteroatoms. The Morgan fingerprint density at radius 1 is 1.14 bits per heavy atom. The van der Waals surface area contributed by atoms with Crippen LogP contribution in [0.5, 0.6) is 0 Å². The number of fused-ring (bicyclic) bond motifs is 1. The summed E-state index contributed by atoms with van der Waals surface area (Å²) in [6, 6.07) is 11.1. The Balaban J connectivity index is 1.60. The maximum atomic E-state index is 11.9. The highest BCUT2D eigenvalue weighted by molar-refractivity contribution is 7.12. The summed E-state index contributed by atoms with van der Waals surface area (Å²) in [5.74, 6) is -0.210. The van der Waals surface area contributed by atoms with E-state index in [1.54, 1.807) is 17.1 Å². The lowest BCUT2D eigenvalue weighted by molar-refractivity contribution is -0.117. The Morgan fingerprint density at radius 3 is 2.81 bits per heavy atom. The molecule has 2 heterocycles. The van der Waals surface area contributed by atoms with Gasteiger partial charge >= 0.3 is 0 Å². The Hall–Kier alpha value is -2.47. The number of nitrogens with zero attached hydrogens (tertiary/aromatic N) is 2. The molecule has 1 amide bonds. The van der Waals surface area contributed by atoms with E-state index in [4.69, 9.17) is 0 Å². The van der Waals surface area contributed by atoms with Gasteiger partial charge in [0.1, 0.15) is 6.33 Å². The summed E-state index contributed by atoms with van der Waals surface area (Å²) >= 11 is 1.39. The second-order valence-corrected chi connectivity index (χ2v) is 5.49. The molecule has 0 atom stereocenters. The lowest BCUT2D eigenvalue weighted by Gasteiger charge is -2.06. The van der Waals surface area contributed by atoms with Crippen LogP contribution >= 0.6 is 11.3 Å². The van der Waals surface area contributed by atoms with Gasteiger partial charge in [0.05, 0.1) is 15.9 Å². The average Bonchev–Trinajstić information content (AvgIpc) is 3.15. The standard InChI is InChI=1S/C15H13N3O2S/c19-13(14-6-3-9-21-14)7-8-15(20)17-18-10-16-11-4-1-2-5-12(11)18/h1-6,9-10H,7-8H2,(H,17,20). The number of nitrogens with one attached hydrogen (secondary N) is 1. The van der Waals surface area contributed by atoms with Gasteiger partial charge in [0, 0.05) is 12.8 Å². The summed E-state index contributed by atoms with van der Waals surface area (Å²) in [5.41, 5.74) is 4.37. The summed E-state index contributed by atoms with van der Waals surface area (Å²) in [5, 5.41) is 1.85. The molecule has 0 radical (unpaired) electrons. The van der Waals surface area contributed by atoms with Crippen LogP contribution in [0.4, 0.5) is 0 Å². The number of imidazole rings is 1. The number of ketones is 1. The molecule has 0 bridgehead atoms. The van der Waals surface area contributed by atoms with Crippen molar-refractivity contribution < 1.29 is 9.59 Å². The summed E-state index contributed by atoms with van der Waals surface area (Å²) < 4.78 is 1.58. The van der Waals surface area contributed by atoms with E-state index in [9.17, 15) is 9.59 Å². The van der Waals surface area contributed by atoms with E-state index in [-0.39, 0.29) is 24.5 Å². The fourth-order valence-corrected chi connectivity index (χ4v) is 2.72. The van der Waals surface area contributed by atoms with E-state index < -0.39 is 0 Å². The van der Waals surface area contributed by atoms with Gasteiger partial charge in [-0.15, -0.1) is 11.3 Å². The third kappa shape index (κ3) is 3.00. The van der Waals surface area contributed by atoms with Gasteiger partial charge in [-0.2, -0.15) is 0 Å². The third-order valence-corrected chi connectivity index (χ3v) is 3.98. The first-order valence-electron chi connectivity index (χ1n) is 6.53. The van der Waals surface area contributed by atoms with Crippen molar-refractivity contribution in [1.82, 2.24) is 9.66 Å². The SMILES string of the molecule is O=C(CCC(=O)c1cccs1)Nn1cnc2ccccc21. The average molecular weight is 299 g/mol. The van der Waals surface area contributed by atoms with E-state index in [1.807, 2.05) is 35.7 Å². The van der Waals surface area contributed by atoms with Crippen LogP contribution in [-0.2, 0) is 4.79 Å². The van der Waals surface area contributed by atoms with E-state index in [1.165, 1.54) is 11.3 Å². The summed E-state index contributed by atoms with van der Waals surface area (Å²) in [6.07, 6.45) is 1.92. The van der Waals surface area contributed by atoms with Gasteiger partial charge in [0.25, 0.3) is 0 Å². The van der Waals surface area contributed by atoms with Gasteiger partial charge in [-0.25, -0.2) is 9.66 Å². The number of rotatable bonds is 5. The molecule has 0 aliphatic rings. The highest BCUT2D eigenvalue weighted by Crippen LogP contribution is 2.13. The van der Waals surface area contributed by atoms with Gasteiger partial charge in [0.15, 0.2) is 5.78 Å². The number of benzene rings is 1. The smallest absolute Gasteiger partial charge is 0.239 e. The van der Waals surface area contributed by atoms with Crippen LogP contribution < -0.4 is 5.43 Å². The number of para-hydroxylation sites is 2. The van der Waals surface area contributed by atoms with E-state index in [2.05, 4.69) is 10.4 Å². The van der Waals surface area contributed by atoms with Crippen molar-refractivity contribution in [2.24, 2.45) is 0 Å². The first-order chi connectivity index (χ1) is 10.2. The van der Waals surface area contributed by atoms with Crippen molar-refractivity contribution in [2.45, 2.75) is 12.8 Å². The monoisotopic (exact) mass is 299 g/mol. The van der Waals surface area contributed by atoms with Gasteiger partial charge in [-0.3, -0.25) is 15.0 Å². The third-order valence-electron chi connectivity index (χ3n) is 3.07. The summed E-state index contributed by atoms with van der Waals surface area (Å²) in [4.78, 5) is 28.6. The summed E-state index contributed by atoms with van der Waals surface area (Å²) in [6.45, 7) is 0. The molecular formula is C15H13N3O2S. The zero-order valence-corrected chi connectivity index (χ0v) is 12.0. The zero-order valence-electron chi connectivity index (χ0n) is 11.2. The molecule has 1 aromatic carbocycles. The molecule has 0 aliphatic heterocycles. The predicted octanol–water partition coefficient (Wildman–Crippen LogP) is 2.83. The molecule has 5 nitrogen and oxygen atoms in total. The van der Waals surface area contributed by atoms with E-state index >= 15 is 0 Å². The second-order valence-electron chi connectivity index (χ2n) is 4.54. The van der Waals surface area contributed by atoms with Crippen molar-refractivity contribution >= 4 is 34.1 Å². The highest BCUT2D eigenvalue weighted by atomic mass is 32.1. The van der Waals surface area contributed by atoms with Crippen LogP contribution in [0.3, 0.4) is 0 Å². The van der Waals surface area contributed by atoms with E-state index in [0.717, 1.165) is 11.0 Å². The number of thiophene rings is 1. The maximum absolute atomic E-state index is 11.9. The second kappa shape index (κ2) is 5.88. The number of hydrogen-bond donors (Lipinski definition) is 1. The molecule has 2 aromatic heterocycles. The molecule has 0 unspecified atom stereocenters. The first-order valence-corrected chi connectivity index (χ1v) is 7.40. The van der Waals surface area contributed by atoms with Crippen molar-refractivity contribution in [3.05, 3.63) is 53.0 Å². The molecule has 0 aliphatic carbocycles. The zero-order chi connectivity index (χ0) is 14.7. The Kier molecular flexibility index (Phi) is 3.79. The van der Waals surface area contributed by atoms with Crippen LogP contribution in [0.2, 0.25) is 0 Å². The predicted molar refractivity (Wildman–Crippen MR) is 82.0 cm³/mol. The van der Waals surface area contributed by atoms with Crippen LogP contribution in [0.25, 0.3) is 11.0 Å². The molecular weight excluding hydrogens is 286 g/mol. The van der Waals surface area contributed by atoms with Gasteiger partial charge in [-0.1, -0.05) is 18.2 Å². The van der Waals surface area contributed by atoms with Crippen molar-refractivity contribution in [2.75, 3.05) is 5.43 Å². The molecule has 0 fully saturated rings. The maximum Gasteiger partial charge on any atom is 0.239 e. The molecule has 3 aromatic rings. The number of carbonyl (C=O) groups excluding carboxylic acids is 2. The lowest BCUT2D eigenvalue weighted by atomic mass is 10.2. The Morgan fingerprint density at radius 2 is 2.00 bits per heavy atom. The van der Waals surface area contributed by atoms with Gasteiger partial charge < -0.3 is 0 Å². The molecule has 3 rings (SSSR count). The van der Waals surface area contributed by atoms with Gasteiger partial charge in [0.2, 0.25) is 5.91 Å². The minimum absolute atomic E-state index is 0.00404. The minimum atomic E-state index is -0.206. The lowest BCUT2D eigenvalue weighted by Crippen LogP contribution is -2.22. The van der Waals surface area contributed by atoms with Crippen molar-refractivity contribution in [3.8, 4) is 0 Å². The largest absolute Gasteiger partial charge is 0.293 e. The van der Waals surface area contributed by atoms with Crippen LogP contribution in [0, 0.1) is 0 Å². The van der Waals surface area contributed by atoms with Crippen LogP contribution in [-0.4, -0.2) is 21.4 Å². The molecule has 0 saturated carbocycles.